The maximum Gasteiger partial charge on any atom is 0.292 e. The normalized spacial score (nSPS) is 27.3. The minimum Gasteiger partial charge on any atom is -0.351 e. The van der Waals surface area contributed by atoms with Crippen LogP contribution in [0.4, 0.5) is 0 Å². The van der Waals surface area contributed by atoms with Crippen LogP contribution in [0.15, 0.2) is 10.6 Å². The van der Waals surface area contributed by atoms with Crippen LogP contribution in [0.2, 0.25) is 0 Å². The molecule has 104 valence electrons. The van der Waals surface area contributed by atoms with Gasteiger partial charge in [-0.05, 0) is 51.4 Å². The van der Waals surface area contributed by atoms with Crippen molar-refractivity contribution in [3.8, 4) is 0 Å². The van der Waals surface area contributed by atoms with Crippen LogP contribution in [0, 0.1) is 12.8 Å². The van der Waals surface area contributed by atoms with Crippen LogP contribution in [0.25, 0.3) is 0 Å². The fourth-order valence-corrected chi connectivity index (χ4v) is 3.09. The second kappa shape index (κ2) is 4.99. The maximum atomic E-state index is 12.6. The van der Waals surface area contributed by atoms with Crippen LogP contribution in [0.1, 0.15) is 61.7 Å². The van der Waals surface area contributed by atoms with Gasteiger partial charge < -0.3 is 9.42 Å². The summed E-state index contributed by atoms with van der Waals surface area (Å²) in [6, 6.07) is 2.60. The van der Waals surface area contributed by atoms with Crippen LogP contribution >= 0.6 is 0 Å². The Kier molecular flexibility index (Phi) is 3.33. The number of rotatable bonds is 3. The molecule has 2 saturated carbocycles. The van der Waals surface area contributed by atoms with Crippen LogP contribution < -0.4 is 0 Å². The molecular formula is C15H22N2O2. The summed E-state index contributed by atoms with van der Waals surface area (Å²) in [5.41, 5.74) is 0.774. The van der Waals surface area contributed by atoms with Gasteiger partial charge in [0.15, 0.2) is 0 Å². The van der Waals surface area contributed by atoms with Gasteiger partial charge in [-0.1, -0.05) is 12.1 Å². The molecule has 0 spiro atoms. The lowest BCUT2D eigenvalue weighted by Gasteiger charge is -2.35. The summed E-state index contributed by atoms with van der Waals surface area (Å²) < 4.78 is 5.16. The topological polar surface area (TPSA) is 46.3 Å². The lowest BCUT2D eigenvalue weighted by molar-refractivity contribution is 0.0551. The van der Waals surface area contributed by atoms with Crippen molar-refractivity contribution in [2.24, 2.45) is 5.92 Å². The Morgan fingerprint density at radius 3 is 2.26 bits per heavy atom. The van der Waals surface area contributed by atoms with Gasteiger partial charge in [-0.2, -0.15) is 0 Å². The minimum atomic E-state index is 0.0441. The smallest absolute Gasteiger partial charge is 0.292 e. The molecule has 0 saturated heterocycles. The number of amides is 1. The number of hydrogen-bond acceptors (Lipinski definition) is 3. The summed E-state index contributed by atoms with van der Waals surface area (Å²) in [7, 11) is 0. The number of carbonyl (C=O) groups is 1. The molecule has 2 aliphatic rings. The average Bonchev–Trinajstić information content (AvgIpc) is 3.13. The van der Waals surface area contributed by atoms with Gasteiger partial charge in [0.05, 0.1) is 5.69 Å². The van der Waals surface area contributed by atoms with Gasteiger partial charge in [-0.25, -0.2) is 0 Å². The van der Waals surface area contributed by atoms with Gasteiger partial charge in [0, 0.05) is 18.2 Å². The summed E-state index contributed by atoms with van der Waals surface area (Å²) in [5, 5.41) is 3.83. The van der Waals surface area contributed by atoms with E-state index in [4.69, 9.17) is 4.52 Å². The summed E-state index contributed by atoms with van der Waals surface area (Å²) in [5.74, 6) is 1.26. The van der Waals surface area contributed by atoms with Crippen molar-refractivity contribution in [2.45, 2.75) is 64.5 Å². The molecule has 0 unspecified atom stereocenters. The third kappa shape index (κ3) is 2.67. The first-order valence-corrected chi connectivity index (χ1v) is 7.41. The van der Waals surface area contributed by atoms with Crippen molar-refractivity contribution in [3.05, 3.63) is 17.5 Å². The zero-order valence-electron chi connectivity index (χ0n) is 11.8. The minimum absolute atomic E-state index is 0.0441. The van der Waals surface area contributed by atoms with Crippen molar-refractivity contribution in [3.63, 3.8) is 0 Å². The standard InChI is InChI=1S/C15H22N2O2/c1-10-3-5-12(6-4-10)17(13-7-8-13)15(18)14-9-11(2)16-19-14/h9-10,12-13H,3-8H2,1-2H3. The van der Waals surface area contributed by atoms with Gasteiger partial charge in [0.1, 0.15) is 0 Å². The molecule has 4 heteroatoms. The summed E-state index contributed by atoms with van der Waals surface area (Å²) in [6.07, 6.45) is 7.02. The van der Waals surface area contributed by atoms with E-state index in [1.807, 2.05) is 6.92 Å². The molecule has 0 aromatic carbocycles. The first kappa shape index (κ1) is 12.7. The quantitative estimate of drug-likeness (QED) is 0.840. The fraction of sp³-hybridized carbons (Fsp3) is 0.733. The van der Waals surface area contributed by atoms with E-state index in [1.165, 1.54) is 12.8 Å². The van der Waals surface area contributed by atoms with E-state index in [1.54, 1.807) is 6.07 Å². The van der Waals surface area contributed by atoms with Crippen LogP contribution in [0.3, 0.4) is 0 Å². The lowest BCUT2D eigenvalue weighted by atomic mass is 9.86. The van der Waals surface area contributed by atoms with E-state index in [2.05, 4.69) is 17.0 Å². The average molecular weight is 262 g/mol. The molecule has 2 aliphatic carbocycles. The molecule has 0 N–H and O–H groups in total. The van der Waals surface area contributed by atoms with Crippen molar-refractivity contribution in [1.29, 1.82) is 0 Å². The van der Waals surface area contributed by atoms with E-state index in [-0.39, 0.29) is 5.91 Å². The van der Waals surface area contributed by atoms with Gasteiger partial charge >= 0.3 is 0 Å². The Bertz CT molecular complexity index is 456. The highest BCUT2D eigenvalue weighted by atomic mass is 16.5. The number of hydrogen-bond donors (Lipinski definition) is 0. The van der Waals surface area contributed by atoms with E-state index in [9.17, 15) is 4.79 Å². The van der Waals surface area contributed by atoms with E-state index < -0.39 is 0 Å². The van der Waals surface area contributed by atoms with Crippen LogP contribution in [0.5, 0.6) is 0 Å². The monoisotopic (exact) mass is 262 g/mol. The molecule has 3 rings (SSSR count). The Labute approximate surface area is 114 Å². The number of nitrogens with zero attached hydrogens (tertiary/aromatic N) is 2. The van der Waals surface area contributed by atoms with Gasteiger partial charge in [-0.3, -0.25) is 4.79 Å². The SMILES string of the molecule is Cc1cc(C(=O)N(C2CCC(C)CC2)C2CC2)on1. The molecule has 2 fully saturated rings. The van der Waals surface area contributed by atoms with Crippen LogP contribution in [-0.4, -0.2) is 28.0 Å². The Morgan fingerprint density at radius 2 is 1.79 bits per heavy atom. The van der Waals surface area contributed by atoms with Crippen molar-refractivity contribution in [1.82, 2.24) is 10.1 Å². The first-order valence-electron chi connectivity index (χ1n) is 7.41. The van der Waals surface area contributed by atoms with E-state index in [0.717, 1.165) is 37.3 Å². The molecule has 0 bridgehead atoms. The Hall–Kier alpha value is -1.32. The lowest BCUT2D eigenvalue weighted by Crippen LogP contribution is -2.43. The molecule has 0 aliphatic heterocycles. The summed E-state index contributed by atoms with van der Waals surface area (Å²) >= 11 is 0. The molecule has 1 aromatic heterocycles. The molecule has 19 heavy (non-hydrogen) atoms. The second-order valence-corrected chi connectivity index (χ2v) is 6.19. The fourth-order valence-electron chi connectivity index (χ4n) is 3.09. The zero-order chi connectivity index (χ0) is 13.4. The largest absolute Gasteiger partial charge is 0.351 e. The number of carbonyl (C=O) groups excluding carboxylic acids is 1. The zero-order valence-corrected chi connectivity index (χ0v) is 11.8. The molecule has 0 atom stereocenters. The van der Waals surface area contributed by atoms with Crippen molar-refractivity contribution >= 4 is 5.91 Å². The molecular weight excluding hydrogens is 240 g/mol. The van der Waals surface area contributed by atoms with Crippen LogP contribution in [-0.2, 0) is 0 Å². The van der Waals surface area contributed by atoms with Gasteiger partial charge in [-0.15, -0.1) is 0 Å². The summed E-state index contributed by atoms with van der Waals surface area (Å²) in [4.78, 5) is 14.7. The maximum absolute atomic E-state index is 12.6. The highest BCUT2D eigenvalue weighted by molar-refractivity contribution is 5.92. The highest BCUT2D eigenvalue weighted by Gasteiger charge is 2.39. The first-order chi connectivity index (χ1) is 9.15. The number of aryl methyl sites for hydroxylation is 1. The third-order valence-electron chi connectivity index (χ3n) is 4.39. The van der Waals surface area contributed by atoms with E-state index in [0.29, 0.717) is 17.8 Å². The highest BCUT2D eigenvalue weighted by Crippen LogP contribution is 2.36. The molecule has 1 aromatic rings. The van der Waals surface area contributed by atoms with Crippen molar-refractivity contribution < 1.29 is 9.32 Å². The van der Waals surface area contributed by atoms with Crippen molar-refractivity contribution in [2.75, 3.05) is 0 Å². The van der Waals surface area contributed by atoms with E-state index >= 15 is 0 Å². The predicted molar refractivity (Wildman–Crippen MR) is 71.9 cm³/mol. The Balaban J connectivity index is 1.75. The Morgan fingerprint density at radius 1 is 1.21 bits per heavy atom. The molecule has 1 amide bonds. The van der Waals surface area contributed by atoms with Gasteiger partial charge in [0.25, 0.3) is 5.91 Å². The van der Waals surface area contributed by atoms with Gasteiger partial charge in [0.2, 0.25) is 5.76 Å². The second-order valence-electron chi connectivity index (χ2n) is 6.19. The molecule has 0 radical (unpaired) electrons. The number of aromatic nitrogens is 1. The predicted octanol–water partition coefficient (Wildman–Crippen LogP) is 3.17. The summed E-state index contributed by atoms with van der Waals surface area (Å²) in [6.45, 7) is 4.16. The molecule has 4 nitrogen and oxygen atoms in total. The third-order valence-corrected chi connectivity index (χ3v) is 4.39. The molecule has 1 heterocycles.